The molecule has 2 aromatic rings. The molecule has 1 saturated carbocycles. The fraction of sp³-hybridized carbons (Fsp3) is 0.400. The first-order chi connectivity index (χ1) is 10.7. The van der Waals surface area contributed by atoms with Crippen molar-refractivity contribution in [3.05, 3.63) is 36.8 Å². The van der Waals surface area contributed by atoms with Gasteiger partial charge in [0.2, 0.25) is 0 Å². The zero-order chi connectivity index (χ0) is 15.4. The molecule has 3 rings (SSSR count). The predicted molar refractivity (Wildman–Crippen MR) is 81.7 cm³/mol. The van der Waals surface area contributed by atoms with Crippen LogP contribution >= 0.6 is 0 Å². The van der Waals surface area contributed by atoms with Crippen molar-refractivity contribution >= 4 is 11.7 Å². The third-order valence-electron chi connectivity index (χ3n) is 3.89. The predicted octanol–water partition coefficient (Wildman–Crippen LogP) is 1.55. The molecule has 1 atom stereocenters. The maximum atomic E-state index is 11.8. The van der Waals surface area contributed by atoms with Gasteiger partial charge in [0.1, 0.15) is 0 Å². The van der Waals surface area contributed by atoms with E-state index in [-0.39, 0.29) is 12.6 Å². The molecule has 2 heterocycles. The van der Waals surface area contributed by atoms with E-state index >= 15 is 0 Å². The Kier molecular flexibility index (Phi) is 4.34. The molecule has 0 bridgehead atoms. The monoisotopic (exact) mass is 301 g/mol. The van der Waals surface area contributed by atoms with Gasteiger partial charge >= 0.3 is 6.03 Å². The minimum atomic E-state index is -0.462. The van der Waals surface area contributed by atoms with Crippen LogP contribution < -0.4 is 10.6 Å². The van der Waals surface area contributed by atoms with Crippen molar-refractivity contribution in [3.63, 3.8) is 0 Å². The molecule has 0 aliphatic heterocycles. The molecule has 0 spiro atoms. The van der Waals surface area contributed by atoms with Crippen LogP contribution in [0.25, 0.3) is 5.82 Å². The number of nitrogens with one attached hydrogen (secondary N) is 2. The van der Waals surface area contributed by atoms with E-state index in [0.29, 0.717) is 17.4 Å². The number of carbonyl (C=O) groups excluding carboxylic acids is 1. The van der Waals surface area contributed by atoms with E-state index in [9.17, 15) is 9.90 Å². The summed E-state index contributed by atoms with van der Waals surface area (Å²) < 4.78 is 1.58. The van der Waals surface area contributed by atoms with E-state index in [1.54, 1.807) is 23.3 Å². The summed E-state index contributed by atoms with van der Waals surface area (Å²) in [6.07, 6.45) is 7.71. The van der Waals surface area contributed by atoms with E-state index < -0.39 is 6.10 Å². The standard InChI is InChI=1S/C15H19N5O2/c21-13(11-4-3-5-11)9-17-15(22)19-12-8-18-20(10-12)14-6-1-2-7-16-14/h1-2,6-8,10-11,13,21H,3-5,9H2,(H2,17,19,22). The second kappa shape index (κ2) is 6.57. The number of urea groups is 1. The van der Waals surface area contributed by atoms with Gasteiger partial charge in [-0.1, -0.05) is 12.5 Å². The van der Waals surface area contributed by atoms with Crippen LogP contribution in [0.15, 0.2) is 36.8 Å². The third kappa shape index (κ3) is 3.43. The molecule has 116 valence electrons. The van der Waals surface area contributed by atoms with Crippen LogP contribution in [0.3, 0.4) is 0 Å². The Morgan fingerprint density at radius 1 is 1.45 bits per heavy atom. The maximum Gasteiger partial charge on any atom is 0.319 e. The minimum Gasteiger partial charge on any atom is -0.391 e. The number of rotatable bonds is 5. The molecule has 2 amide bonds. The number of aromatic nitrogens is 3. The number of hydrogen-bond acceptors (Lipinski definition) is 4. The topological polar surface area (TPSA) is 92.1 Å². The largest absolute Gasteiger partial charge is 0.391 e. The Hall–Kier alpha value is -2.41. The Morgan fingerprint density at radius 3 is 3.00 bits per heavy atom. The van der Waals surface area contributed by atoms with E-state index in [4.69, 9.17) is 0 Å². The summed E-state index contributed by atoms with van der Waals surface area (Å²) >= 11 is 0. The quantitative estimate of drug-likeness (QED) is 0.781. The van der Waals surface area contributed by atoms with Crippen molar-refractivity contribution < 1.29 is 9.90 Å². The highest BCUT2D eigenvalue weighted by atomic mass is 16.3. The molecule has 0 radical (unpaired) electrons. The first kappa shape index (κ1) is 14.5. The average molecular weight is 301 g/mol. The van der Waals surface area contributed by atoms with Crippen LogP contribution in [0.5, 0.6) is 0 Å². The highest BCUT2D eigenvalue weighted by Gasteiger charge is 2.25. The minimum absolute atomic E-state index is 0.269. The molecule has 1 fully saturated rings. The van der Waals surface area contributed by atoms with Gasteiger partial charge in [0, 0.05) is 12.7 Å². The van der Waals surface area contributed by atoms with Gasteiger partial charge in [0.05, 0.1) is 24.2 Å². The lowest BCUT2D eigenvalue weighted by Crippen LogP contribution is -2.40. The van der Waals surface area contributed by atoms with Crippen LogP contribution in [0.2, 0.25) is 0 Å². The summed E-state index contributed by atoms with van der Waals surface area (Å²) in [4.78, 5) is 16.0. The number of anilines is 1. The normalized spacial score (nSPS) is 15.9. The number of nitrogens with zero attached hydrogens (tertiary/aromatic N) is 3. The lowest BCUT2D eigenvalue weighted by molar-refractivity contribution is 0.0646. The van der Waals surface area contributed by atoms with Crippen LogP contribution in [0, 0.1) is 5.92 Å². The van der Waals surface area contributed by atoms with Crippen molar-refractivity contribution in [1.82, 2.24) is 20.1 Å². The zero-order valence-corrected chi connectivity index (χ0v) is 12.1. The van der Waals surface area contributed by atoms with E-state index in [2.05, 4.69) is 20.7 Å². The van der Waals surface area contributed by atoms with Crippen molar-refractivity contribution in [2.45, 2.75) is 25.4 Å². The van der Waals surface area contributed by atoms with E-state index in [1.165, 1.54) is 6.42 Å². The molecule has 1 unspecified atom stereocenters. The first-order valence-electron chi connectivity index (χ1n) is 7.41. The molecule has 7 nitrogen and oxygen atoms in total. The zero-order valence-electron chi connectivity index (χ0n) is 12.1. The van der Waals surface area contributed by atoms with Gasteiger partial charge in [-0.3, -0.25) is 0 Å². The van der Waals surface area contributed by atoms with Crippen LogP contribution in [-0.2, 0) is 0 Å². The smallest absolute Gasteiger partial charge is 0.319 e. The maximum absolute atomic E-state index is 11.8. The number of aliphatic hydroxyl groups is 1. The number of aliphatic hydroxyl groups excluding tert-OH is 1. The lowest BCUT2D eigenvalue weighted by Gasteiger charge is -2.30. The summed E-state index contributed by atoms with van der Waals surface area (Å²) in [5.41, 5.74) is 0.571. The summed E-state index contributed by atoms with van der Waals surface area (Å²) in [5, 5.41) is 19.4. The fourth-order valence-electron chi connectivity index (χ4n) is 2.37. The molecule has 1 aliphatic rings. The SMILES string of the molecule is O=C(NCC(O)C1CCC1)Nc1cnn(-c2ccccn2)c1. The molecule has 0 saturated heterocycles. The summed E-state index contributed by atoms with van der Waals surface area (Å²) in [7, 11) is 0. The Balaban J connectivity index is 1.50. The number of hydrogen-bond donors (Lipinski definition) is 3. The first-order valence-corrected chi connectivity index (χ1v) is 7.41. The number of pyridine rings is 1. The number of carbonyl (C=O) groups is 1. The van der Waals surface area contributed by atoms with Gasteiger partial charge in [-0.25, -0.2) is 14.5 Å². The van der Waals surface area contributed by atoms with Gasteiger partial charge in [-0.05, 0) is 30.9 Å². The highest BCUT2D eigenvalue weighted by Crippen LogP contribution is 2.29. The van der Waals surface area contributed by atoms with Gasteiger partial charge in [0.25, 0.3) is 0 Å². The lowest BCUT2D eigenvalue weighted by atomic mass is 9.81. The Bertz CT molecular complexity index is 624. The summed E-state index contributed by atoms with van der Waals surface area (Å²) in [6, 6.07) is 5.17. The molecule has 1 aliphatic carbocycles. The Labute approximate surface area is 128 Å². The van der Waals surface area contributed by atoms with Crippen molar-refractivity contribution in [1.29, 1.82) is 0 Å². The van der Waals surface area contributed by atoms with Gasteiger partial charge in [-0.2, -0.15) is 5.10 Å². The molecule has 2 aromatic heterocycles. The third-order valence-corrected chi connectivity index (χ3v) is 3.89. The second-order valence-corrected chi connectivity index (χ2v) is 5.45. The molecular weight excluding hydrogens is 282 g/mol. The summed E-state index contributed by atoms with van der Waals surface area (Å²) in [6.45, 7) is 0.269. The van der Waals surface area contributed by atoms with E-state index in [1.807, 2.05) is 18.2 Å². The molecule has 3 N–H and O–H groups in total. The van der Waals surface area contributed by atoms with Gasteiger partial charge < -0.3 is 15.7 Å². The fourth-order valence-corrected chi connectivity index (χ4v) is 2.37. The van der Waals surface area contributed by atoms with Crippen LogP contribution in [0.1, 0.15) is 19.3 Å². The average Bonchev–Trinajstić information content (AvgIpc) is 2.93. The number of amides is 2. The van der Waals surface area contributed by atoms with Gasteiger partial charge in [0.15, 0.2) is 5.82 Å². The van der Waals surface area contributed by atoms with Crippen LogP contribution in [-0.4, -0.2) is 38.6 Å². The molecule has 7 heteroatoms. The van der Waals surface area contributed by atoms with Crippen molar-refractivity contribution in [2.75, 3.05) is 11.9 Å². The second-order valence-electron chi connectivity index (χ2n) is 5.45. The van der Waals surface area contributed by atoms with Crippen molar-refractivity contribution in [2.24, 2.45) is 5.92 Å². The molecular formula is C15H19N5O2. The molecule has 22 heavy (non-hydrogen) atoms. The van der Waals surface area contributed by atoms with Gasteiger partial charge in [-0.15, -0.1) is 0 Å². The highest BCUT2D eigenvalue weighted by molar-refractivity contribution is 5.88. The molecule has 0 aromatic carbocycles. The van der Waals surface area contributed by atoms with Crippen LogP contribution in [0.4, 0.5) is 10.5 Å². The van der Waals surface area contributed by atoms with Crippen molar-refractivity contribution in [3.8, 4) is 5.82 Å². The van der Waals surface area contributed by atoms with E-state index in [0.717, 1.165) is 12.8 Å². The summed E-state index contributed by atoms with van der Waals surface area (Å²) in [5.74, 6) is 1.00. The Morgan fingerprint density at radius 2 is 2.32 bits per heavy atom.